The molecule has 44 heavy (non-hydrogen) atoms. The number of nitrogens with zero attached hydrogens (tertiary/aromatic N) is 1. The topological polar surface area (TPSA) is 18.1 Å². The molecule has 10 rings (SSSR count). The fraction of sp³-hybridized carbons (Fsp3) is 0. The number of hydrogen-bond donors (Lipinski definition) is 0. The molecule has 10 aromatic rings. The van der Waals surface area contributed by atoms with Gasteiger partial charge in [-0.1, -0.05) is 121 Å². The van der Waals surface area contributed by atoms with E-state index in [4.69, 9.17) is 4.42 Å². The van der Waals surface area contributed by atoms with Gasteiger partial charge in [-0.15, -0.1) is 0 Å². The summed E-state index contributed by atoms with van der Waals surface area (Å²) < 4.78 is 8.87. The van der Waals surface area contributed by atoms with Crippen LogP contribution in [0, 0.1) is 0 Å². The second-order valence-electron chi connectivity index (χ2n) is 11.7. The van der Waals surface area contributed by atoms with Crippen molar-refractivity contribution in [3.63, 3.8) is 0 Å². The second kappa shape index (κ2) is 8.82. The van der Waals surface area contributed by atoms with Gasteiger partial charge in [0.15, 0.2) is 0 Å². The molecule has 0 radical (unpaired) electrons. The van der Waals surface area contributed by atoms with Gasteiger partial charge in [0, 0.05) is 32.8 Å². The lowest BCUT2D eigenvalue weighted by Crippen LogP contribution is -1.95. The zero-order valence-electron chi connectivity index (χ0n) is 23.8. The molecule has 204 valence electrons. The van der Waals surface area contributed by atoms with E-state index in [1.807, 2.05) is 12.1 Å². The number of fused-ring (bicyclic) bond motifs is 12. The molecule has 0 N–H and O–H groups in total. The van der Waals surface area contributed by atoms with Crippen LogP contribution in [0.3, 0.4) is 0 Å². The van der Waals surface area contributed by atoms with Crippen LogP contribution in [0.15, 0.2) is 156 Å². The average molecular weight is 560 g/mol. The maximum absolute atomic E-state index is 6.44. The van der Waals surface area contributed by atoms with Gasteiger partial charge < -0.3 is 8.98 Å². The Bertz CT molecular complexity index is 2740. The first-order valence-electron chi connectivity index (χ1n) is 15.1. The number of benzene rings is 8. The van der Waals surface area contributed by atoms with E-state index < -0.39 is 0 Å². The third-order valence-corrected chi connectivity index (χ3v) is 9.38. The quantitative estimate of drug-likeness (QED) is 0.193. The van der Waals surface area contributed by atoms with Gasteiger partial charge in [0.05, 0.1) is 11.0 Å². The lowest BCUT2D eigenvalue weighted by molar-refractivity contribution is 0.670. The van der Waals surface area contributed by atoms with Crippen LogP contribution in [0.2, 0.25) is 0 Å². The summed E-state index contributed by atoms with van der Waals surface area (Å²) in [4.78, 5) is 0. The molecule has 0 aliphatic carbocycles. The van der Waals surface area contributed by atoms with E-state index in [0.29, 0.717) is 0 Å². The molecule has 0 spiro atoms. The van der Waals surface area contributed by atoms with Crippen LogP contribution in [-0.2, 0) is 0 Å². The van der Waals surface area contributed by atoms with Crippen molar-refractivity contribution < 1.29 is 4.42 Å². The zero-order chi connectivity index (χ0) is 28.8. The summed E-state index contributed by atoms with van der Waals surface area (Å²) in [7, 11) is 0. The first-order valence-corrected chi connectivity index (χ1v) is 15.1. The van der Waals surface area contributed by atoms with Gasteiger partial charge in [-0.2, -0.15) is 0 Å². The van der Waals surface area contributed by atoms with Crippen LogP contribution in [0.25, 0.3) is 92.9 Å². The summed E-state index contributed by atoms with van der Waals surface area (Å²) in [5.74, 6) is 0. The fourth-order valence-corrected chi connectivity index (χ4v) is 7.43. The van der Waals surface area contributed by atoms with E-state index in [-0.39, 0.29) is 0 Å². The van der Waals surface area contributed by atoms with E-state index in [1.165, 1.54) is 54.1 Å². The van der Waals surface area contributed by atoms with Gasteiger partial charge in [0.25, 0.3) is 0 Å². The molecular weight excluding hydrogens is 534 g/mol. The Balaban J connectivity index is 1.28. The van der Waals surface area contributed by atoms with E-state index in [9.17, 15) is 0 Å². The van der Waals surface area contributed by atoms with Gasteiger partial charge in [-0.3, -0.25) is 0 Å². The van der Waals surface area contributed by atoms with E-state index in [2.05, 4.69) is 144 Å². The van der Waals surface area contributed by atoms with E-state index in [0.717, 1.165) is 38.8 Å². The highest BCUT2D eigenvalue weighted by atomic mass is 16.3. The van der Waals surface area contributed by atoms with Crippen molar-refractivity contribution in [2.24, 2.45) is 0 Å². The second-order valence-corrected chi connectivity index (χ2v) is 11.7. The smallest absolute Gasteiger partial charge is 0.143 e. The van der Waals surface area contributed by atoms with Crippen LogP contribution in [0.5, 0.6) is 0 Å². The summed E-state index contributed by atoms with van der Waals surface area (Å²) >= 11 is 0. The Morgan fingerprint density at radius 2 is 0.932 bits per heavy atom. The lowest BCUT2D eigenvalue weighted by Gasteiger charge is -2.14. The van der Waals surface area contributed by atoms with Gasteiger partial charge in [-0.25, -0.2) is 0 Å². The maximum atomic E-state index is 6.44. The van der Waals surface area contributed by atoms with Crippen molar-refractivity contribution >= 4 is 76.1 Å². The van der Waals surface area contributed by atoms with Gasteiger partial charge in [0.2, 0.25) is 0 Å². The minimum Gasteiger partial charge on any atom is -0.455 e. The molecule has 0 atom stereocenters. The Hall–Kier alpha value is -5.86. The number of rotatable bonds is 2. The predicted octanol–water partition coefficient (Wildman–Crippen LogP) is 11.8. The molecular formula is C42H25NO. The van der Waals surface area contributed by atoms with Crippen LogP contribution in [-0.4, -0.2) is 4.57 Å². The SMILES string of the molecule is c1ccc2c(c1)oc1c(-c3ccc4c5ccccc5n(-c5ccc6c7ccccc7c7ccccc7c6c5)c4c3)cccc12. The Kier molecular flexibility index (Phi) is 4.75. The maximum Gasteiger partial charge on any atom is 0.143 e. The highest BCUT2D eigenvalue weighted by Gasteiger charge is 2.17. The monoisotopic (exact) mass is 559 g/mol. The molecule has 2 aromatic heterocycles. The molecule has 0 amide bonds. The molecule has 0 bridgehead atoms. The summed E-state index contributed by atoms with van der Waals surface area (Å²) in [6.45, 7) is 0. The zero-order valence-corrected chi connectivity index (χ0v) is 23.8. The molecule has 2 heterocycles. The Morgan fingerprint density at radius 1 is 0.364 bits per heavy atom. The van der Waals surface area contributed by atoms with Gasteiger partial charge in [-0.05, 0) is 68.2 Å². The minimum absolute atomic E-state index is 0.918. The molecule has 0 aliphatic rings. The van der Waals surface area contributed by atoms with Crippen LogP contribution in [0.4, 0.5) is 0 Å². The molecule has 0 fully saturated rings. The molecule has 0 saturated carbocycles. The highest BCUT2D eigenvalue weighted by Crippen LogP contribution is 2.41. The van der Waals surface area contributed by atoms with Crippen LogP contribution in [0.1, 0.15) is 0 Å². The molecule has 8 aromatic carbocycles. The van der Waals surface area contributed by atoms with Crippen molar-refractivity contribution in [3.05, 3.63) is 152 Å². The minimum atomic E-state index is 0.918. The summed E-state index contributed by atoms with van der Waals surface area (Å²) in [5.41, 5.74) is 7.63. The lowest BCUT2D eigenvalue weighted by atomic mass is 9.94. The van der Waals surface area contributed by atoms with Gasteiger partial charge in [0.1, 0.15) is 11.2 Å². The standard InChI is InChI=1S/C42H25NO/c1-2-12-31-29(10-1)30-11-3-4-13-32(30)38-25-27(21-23-33(31)38)43-39-18-7-5-14-34(39)35-22-20-26(24-40(35)43)28-16-9-17-37-36-15-6-8-19-41(36)44-42(28)37/h1-25H. The average Bonchev–Trinajstić information content (AvgIpc) is 3.64. The van der Waals surface area contributed by atoms with Crippen LogP contribution >= 0.6 is 0 Å². The predicted molar refractivity (Wildman–Crippen MR) is 186 cm³/mol. The molecule has 2 heteroatoms. The first kappa shape index (κ1) is 23.7. The van der Waals surface area contributed by atoms with Crippen molar-refractivity contribution in [1.29, 1.82) is 0 Å². The van der Waals surface area contributed by atoms with E-state index in [1.54, 1.807) is 0 Å². The van der Waals surface area contributed by atoms with Crippen molar-refractivity contribution in [3.8, 4) is 16.8 Å². The third-order valence-electron chi connectivity index (χ3n) is 9.38. The molecule has 0 unspecified atom stereocenters. The normalized spacial score (nSPS) is 12.1. The number of aromatic nitrogens is 1. The van der Waals surface area contributed by atoms with Crippen molar-refractivity contribution in [2.45, 2.75) is 0 Å². The number of hydrogen-bond acceptors (Lipinski definition) is 1. The summed E-state index contributed by atoms with van der Waals surface area (Å²) in [6, 6.07) is 54.8. The molecule has 0 aliphatic heterocycles. The van der Waals surface area contributed by atoms with Crippen LogP contribution < -0.4 is 0 Å². The molecule has 2 nitrogen and oxygen atoms in total. The Labute approximate surface area is 253 Å². The highest BCUT2D eigenvalue weighted by molar-refractivity contribution is 6.25. The largest absolute Gasteiger partial charge is 0.455 e. The van der Waals surface area contributed by atoms with Gasteiger partial charge >= 0.3 is 0 Å². The number of para-hydroxylation sites is 3. The first-order chi connectivity index (χ1) is 21.8. The number of furan rings is 1. The van der Waals surface area contributed by atoms with Crippen molar-refractivity contribution in [2.75, 3.05) is 0 Å². The Morgan fingerprint density at radius 3 is 1.70 bits per heavy atom. The van der Waals surface area contributed by atoms with E-state index >= 15 is 0 Å². The molecule has 0 saturated heterocycles. The van der Waals surface area contributed by atoms with Crippen molar-refractivity contribution in [1.82, 2.24) is 4.57 Å². The fourth-order valence-electron chi connectivity index (χ4n) is 7.43. The summed E-state index contributed by atoms with van der Waals surface area (Å²) in [5, 5.41) is 12.5. The summed E-state index contributed by atoms with van der Waals surface area (Å²) in [6.07, 6.45) is 0. The third kappa shape index (κ3) is 3.20.